The number of nitrogens with zero attached hydrogens (tertiary/aromatic N) is 2. The summed E-state index contributed by atoms with van der Waals surface area (Å²) >= 11 is 1.64. The molecule has 0 aromatic heterocycles. The topological polar surface area (TPSA) is 134 Å². The molecule has 4 amide bonds. The van der Waals surface area contributed by atoms with Gasteiger partial charge in [-0.15, -0.1) is 0 Å². The number of hydrogen-bond donors (Lipinski definition) is 3. The number of nitrogens with two attached hydrogens (primary N) is 1. The van der Waals surface area contributed by atoms with E-state index in [1.54, 1.807) is 37.9 Å². The van der Waals surface area contributed by atoms with Gasteiger partial charge in [0.2, 0.25) is 23.6 Å². The van der Waals surface area contributed by atoms with Crippen molar-refractivity contribution in [2.75, 3.05) is 40.6 Å². The van der Waals surface area contributed by atoms with Gasteiger partial charge in [0.05, 0.1) is 24.5 Å². The normalized spacial score (nSPS) is 19.9. The summed E-state index contributed by atoms with van der Waals surface area (Å²) in [5.74, 6) is -2.26. The number of nitrogens with one attached hydrogen (secondary N) is 2. The first-order valence-corrected chi connectivity index (χ1v) is 19.3. The fourth-order valence-corrected chi connectivity index (χ4v) is 9.16. The lowest BCUT2D eigenvalue weighted by Crippen LogP contribution is -2.68. The highest BCUT2D eigenvalue weighted by molar-refractivity contribution is 7.99. The summed E-state index contributed by atoms with van der Waals surface area (Å²) in [6.45, 7) is 14.9. The standard InChI is InChI=1S/C38H65N5O5S/c1-12-26(6)33(42(9)36(46)32(24(2)3)38(40-8,25(4)5)37(39)47)30(48-10)23-31(44)43-22-16-19-29(43)34(49-11)27(7)35(45)41-21-20-28-17-14-13-15-18-28/h13-15,17-18,24-27,29-30,32-34,40H,12,16,19-23H2,1-11H3,(H2,39,47)(H,41,45). The molecule has 0 aliphatic carbocycles. The lowest BCUT2D eigenvalue weighted by Gasteiger charge is -2.46. The van der Waals surface area contributed by atoms with Gasteiger partial charge in [-0.05, 0) is 55.9 Å². The van der Waals surface area contributed by atoms with Gasteiger partial charge in [0.15, 0.2) is 0 Å². The Bertz CT molecular complexity index is 1220. The quantitative estimate of drug-likeness (QED) is 0.184. The average molecular weight is 704 g/mol. The van der Waals surface area contributed by atoms with E-state index in [-0.39, 0.29) is 59.1 Å². The number of methoxy groups -OCH3 is 1. The van der Waals surface area contributed by atoms with Crippen LogP contribution in [0, 0.1) is 29.6 Å². The zero-order valence-corrected chi connectivity index (χ0v) is 32.8. The van der Waals surface area contributed by atoms with Crippen molar-refractivity contribution in [2.24, 2.45) is 35.3 Å². The van der Waals surface area contributed by atoms with Crippen LogP contribution < -0.4 is 16.4 Å². The van der Waals surface area contributed by atoms with Gasteiger partial charge in [0, 0.05) is 44.5 Å². The molecule has 1 aromatic carbocycles. The summed E-state index contributed by atoms with van der Waals surface area (Å²) < 4.78 is 6.05. The Morgan fingerprint density at radius 1 is 1.10 bits per heavy atom. The van der Waals surface area contributed by atoms with Crippen LogP contribution in [0.2, 0.25) is 0 Å². The number of primary amides is 1. The van der Waals surface area contributed by atoms with Crippen molar-refractivity contribution in [2.45, 2.75) is 110 Å². The Balaban J connectivity index is 2.29. The molecule has 8 atom stereocenters. The summed E-state index contributed by atoms with van der Waals surface area (Å²) in [6, 6.07) is 9.58. The number of carbonyl (C=O) groups excluding carboxylic acids is 4. The van der Waals surface area contributed by atoms with Crippen LogP contribution in [0.15, 0.2) is 30.3 Å². The van der Waals surface area contributed by atoms with Crippen LogP contribution in [0.1, 0.15) is 79.7 Å². The molecule has 278 valence electrons. The maximum absolute atomic E-state index is 14.5. The van der Waals surface area contributed by atoms with E-state index in [4.69, 9.17) is 10.5 Å². The molecule has 10 nitrogen and oxygen atoms in total. The predicted molar refractivity (Wildman–Crippen MR) is 200 cm³/mol. The molecule has 1 fully saturated rings. The SMILES string of the molecule is CCC(C)C(C(CC(=O)N1CCCC1C(SC)C(C)C(=O)NCCc1ccccc1)OC)N(C)C(=O)C(C(C)C)C(NC)(C(N)=O)C(C)C. The molecule has 1 aromatic rings. The van der Waals surface area contributed by atoms with Crippen LogP contribution in [-0.2, 0) is 30.3 Å². The van der Waals surface area contributed by atoms with E-state index >= 15 is 0 Å². The number of likely N-dealkylation sites (N-methyl/N-ethyl adjacent to an activating group) is 2. The smallest absolute Gasteiger partial charge is 0.238 e. The van der Waals surface area contributed by atoms with E-state index < -0.39 is 29.5 Å². The van der Waals surface area contributed by atoms with Crippen molar-refractivity contribution in [3.8, 4) is 0 Å². The summed E-state index contributed by atoms with van der Waals surface area (Å²) in [7, 11) is 5.03. The van der Waals surface area contributed by atoms with Crippen molar-refractivity contribution in [1.82, 2.24) is 20.4 Å². The second kappa shape index (κ2) is 19.7. The van der Waals surface area contributed by atoms with Gasteiger partial charge in [-0.25, -0.2) is 0 Å². The molecule has 49 heavy (non-hydrogen) atoms. The first-order chi connectivity index (χ1) is 23.1. The van der Waals surface area contributed by atoms with Crippen molar-refractivity contribution in [1.29, 1.82) is 0 Å². The Morgan fingerprint density at radius 3 is 2.22 bits per heavy atom. The first-order valence-electron chi connectivity index (χ1n) is 18.1. The Labute approximate surface area is 300 Å². The van der Waals surface area contributed by atoms with Crippen LogP contribution >= 0.6 is 11.8 Å². The van der Waals surface area contributed by atoms with Crippen LogP contribution in [0.25, 0.3) is 0 Å². The molecular weight excluding hydrogens is 639 g/mol. The minimum Gasteiger partial charge on any atom is -0.379 e. The van der Waals surface area contributed by atoms with Crippen LogP contribution in [0.4, 0.5) is 0 Å². The van der Waals surface area contributed by atoms with E-state index in [2.05, 4.69) is 36.6 Å². The van der Waals surface area contributed by atoms with E-state index in [0.29, 0.717) is 13.1 Å². The largest absolute Gasteiger partial charge is 0.379 e. The van der Waals surface area contributed by atoms with Gasteiger partial charge in [-0.2, -0.15) is 11.8 Å². The fraction of sp³-hybridized carbons (Fsp3) is 0.737. The Kier molecular flexibility index (Phi) is 17.1. The third-order valence-electron chi connectivity index (χ3n) is 11.0. The second-order valence-electron chi connectivity index (χ2n) is 14.5. The van der Waals surface area contributed by atoms with Crippen LogP contribution in [-0.4, -0.2) is 103 Å². The van der Waals surface area contributed by atoms with Crippen molar-refractivity contribution in [3.05, 3.63) is 35.9 Å². The Morgan fingerprint density at radius 2 is 1.73 bits per heavy atom. The monoisotopic (exact) mass is 703 g/mol. The zero-order valence-electron chi connectivity index (χ0n) is 32.0. The molecule has 0 radical (unpaired) electrons. The number of carbonyl (C=O) groups is 4. The van der Waals surface area contributed by atoms with Crippen molar-refractivity contribution >= 4 is 35.4 Å². The molecule has 4 N–H and O–H groups in total. The van der Waals surface area contributed by atoms with E-state index in [1.165, 1.54) is 5.56 Å². The second-order valence-corrected chi connectivity index (χ2v) is 15.5. The van der Waals surface area contributed by atoms with E-state index in [9.17, 15) is 19.2 Å². The number of rotatable bonds is 20. The number of hydrogen-bond acceptors (Lipinski definition) is 7. The maximum Gasteiger partial charge on any atom is 0.238 e. The summed E-state index contributed by atoms with van der Waals surface area (Å²) in [5, 5.41) is 6.18. The number of amides is 4. The molecule has 1 aliphatic heterocycles. The fourth-order valence-electron chi connectivity index (χ4n) is 8.03. The first kappa shape index (κ1) is 42.5. The highest BCUT2D eigenvalue weighted by Crippen LogP contribution is 2.36. The third-order valence-corrected chi connectivity index (χ3v) is 12.2. The Hall–Kier alpha value is -2.63. The van der Waals surface area contributed by atoms with Gasteiger partial charge in [-0.3, -0.25) is 19.2 Å². The minimum atomic E-state index is -1.25. The molecule has 1 saturated heterocycles. The molecule has 2 rings (SSSR count). The summed E-state index contributed by atoms with van der Waals surface area (Å²) in [4.78, 5) is 58.6. The lowest BCUT2D eigenvalue weighted by atomic mass is 9.69. The van der Waals surface area contributed by atoms with Gasteiger partial charge in [0.1, 0.15) is 5.54 Å². The number of benzene rings is 1. The molecule has 1 heterocycles. The van der Waals surface area contributed by atoms with Gasteiger partial charge < -0.3 is 30.9 Å². The average Bonchev–Trinajstić information content (AvgIpc) is 3.56. The van der Waals surface area contributed by atoms with Crippen LogP contribution in [0.3, 0.4) is 0 Å². The molecule has 11 heteroatoms. The number of thioether (sulfide) groups is 1. The van der Waals surface area contributed by atoms with Gasteiger partial charge >= 0.3 is 0 Å². The molecule has 8 unspecified atom stereocenters. The molecule has 1 aliphatic rings. The van der Waals surface area contributed by atoms with Crippen LogP contribution in [0.5, 0.6) is 0 Å². The highest BCUT2D eigenvalue weighted by atomic mass is 32.2. The van der Waals surface area contributed by atoms with Crippen molar-refractivity contribution < 1.29 is 23.9 Å². The highest BCUT2D eigenvalue weighted by Gasteiger charge is 2.52. The predicted octanol–water partition coefficient (Wildman–Crippen LogP) is 4.35. The maximum atomic E-state index is 14.5. The minimum absolute atomic E-state index is 0.00368. The zero-order chi connectivity index (χ0) is 37.1. The lowest BCUT2D eigenvalue weighted by molar-refractivity contribution is -0.153. The molecule has 0 spiro atoms. The van der Waals surface area contributed by atoms with Gasteiger partial charge in [-0.1, -0.05) is 85.2 Å². The van der Waals surface area contributed by atoms with E-state index in [0.717, 1.165) is 25.7 Å². The number of likely N-dealkylation sites (tertiary alicyclic amines) is 1. The molecule has 0 bridgehead atoms. The van der Waals surface area contributed by atoms with Gasteiger partial charge in [0.25, 0.3) is 0 Å². The third kappa shape index (κ3) is 10.0. The van der Waals surface area contributed by atoms with Crippen molar-refractivity contribution in [3.63, 3.8) is 0 Å². The molecule has 0 saturated carbocycles. The molecular formula is C38H65N5O5S. The summed E-state index contributed by atoms with van der Waals surface area (Å²) in [5.41, 5.74) is 5.93. The van der Waals surface area contributed by atoms with E-state index in [1.807, 2.05) is 64.0 Å². The number of ether oxygens (including phenoxy) is 1. The summed E-state index contributed by atoms with van der Waals surface area (Å²) in [6.07, 6.45) is 4.75.